The Kier molecular flexibility index (Phi) is 3.91. The van der Waals surface area contributed by atoms with Gasteiger partial charge in [0.05, 0.1) is 24.5 Å². The number of rotatable bonds is 3. The van der Waals surface area contributed by atoms with E-state index in [0.29, 0.717) is 11.5 Å². The van der Waals surface area contributed by atoms with Crippen LogP contribution in [-0.4, -0.2) is 43.9 Å². The Hall–Kier alpha value is -1.18. The molecular formula is C13H16N2O3S2. The summed E-state index contributed by atoms with van der Waals surface area (Å²) < 4.78 is 11.5. The summed E-state index contributed by atoms with van der Waals surface area (Å²) in [6.45, 7) is 7.44. The fraction of sp³-hybridized carbons (Fsp3) is 0.538. The maximum Gasteiger partial charge on any atom is 0.348 e. The van der Waals surface area contributed by atoms with Crippen LogP contribution in [0.4, 0.5) is 5.13 Å². The Morgan fingerprint density at radius 2 is 2.15 bits per heavy atom. The van der Waals surface area contributed by atoms with Gasteiger partial charge in [-0.05, 0) is 19.4 Å². The number of morpholine rings is 1. The van der Waals surface area contributed by atoms with Gasteiger partial charge in [0.1, 0.15) is 9.71 Å². The van der Waals surface area contributed by atoms with Crippen LogP contribution in [0.25, 0.3) is 9.53 Å². The number of esters is 1. The Labute approximate surface area is 125 Å². The van der Waals surface area contributed by atoms with Gasteiger partial charge >= 0.3 is 5.97 Å². The number of hydrogen-bond donors (Lipinski definition) is 0. The van der Waals surface area contributed by atoms with Gasteiger partial charge in [0.2, 0.25) is 0 Å². The van der Waals surface area contributed by atoms with E-state index in [2.05, 4.69) is 9.88 Å². The lowest BCUT2D eigenvalue weighted by Gasteiger charge is -2.25. The van der Waals surface area contributed by atoms with E-state index in [9.17, 15) is 4.79 Å². The Bertz CT molecular complexity index is 629. The molecule has 0 atom stereocenters. The summed E-state index contributed by atoms with van der Waals surface area (Å²) in [5.74, 6) is -0.242. The molecule has 0 saturated carbocycles. The number of carbonyl (C=O) groups is 1. The van der Waals surface area contributed by atoms with Gasteiger partial charge in [0.15, 0.2) is 5.13 Å². The Morgan fingerprint density at radius 1 is 1.40 bits per heavy atom. The second-order valence-electron chi connectivity index (χ2n) is 4.51. The van der Waals surface area contributed by atoms with E-state index < -0.39 is 0 Å². The van der Waals surface area contributed by atoms with Crippen LogP contribution in [0.3, 0.4) is 0 Å². The van der Waals surface area contributed by atoms with Gasteiger partial charge in [-0.3, -0.25) is 0 Å². The predicted molar refractivity (Wildman–Crippen MR) is 81.2 cm³/mol. The quantitative estimate of drug-likeness (QED) is 0.816. The van der Waals surface area contributed by atoms with Crippen molar-refractivity contribution in [2.45, 2.75) is 13.8 Å². The summed E-state index contributed by atoms with van der Waals surface area (Å²) in [6, 6.07) is 0. The molecule has 1 saturated heterocycles. The van der Waals surface area contributed by atoms with Crippen molar-refractivity contribution in [1.82, 2.24) is 4.98 Å². The highest BCUT2D eigenvalue weighted by Crippen LogP contribution is 2.38. The zero-order valence-electron chi connectivity index (χ0n) is 11.5. The van der Waals surface area contributed by atoms with Crippen molar-refractivity contribution in [2.75, 3.05) is 37.8 Å². The molecule has 7 heteroatoms. The number of thiophene rings is 1. The molecule has 1 aliphatic heterocycles. The van der Waals surface area contributed by atoms with E-state index in [0.717, 1.165) is 46.5 Å². The van der Waals surface area contributed by atoms with Crippen molar-refractivity contribution in [3.63, 3.8) is 0 Å². The van der Waals surface area contributed by atoms with Gasteiger partial charge in [-0.25, -0.2) is 9.78 Å². The van der Waals surface area contributed by atoms with Crippen LogP contribution in [0, 0.1) is 6.92 Å². The molecule has 0 N–H and O–H groups in total. The average Bonchev–Trinajstić information content (AvgIpc) is 3.00. The third-order valence-electron chi connectivity index (χ3n) is 3.21. The number of aromatic nitrogens is 1. The van der Waals surface area contributed by atoms with E-state index in [1.165, 1.54) is 11.3 Å². The SMILES string of the molecule is CCOC(=O)c1sc2nc(N3CCOCC3)sc2c1C. The highest BCUT2D eigenvalue weighted by molar-refractivity contribution is 7.30. The first kappa shape index (κ1) is 13.8. The van der Waals surface area contributed by atoms with E-state index in [4.69, 9.17) is 9.47 Å². The van der Waals surface area contributed by atoms with Gasteiger partial charge in [-0.2, -0.15) is 0 Å². The average molecular weight is 312 g/mol. The first-order valence-electron chi connectivity index (χ1n) is 6.60. The lowest BCUT2D eigenvalue weighted by atomic mass is 10.3. The summed E-state index contributed by atoms with van der Waals surface area (Å²) in [6.07, 6.45) is 0. The third kappa shape index (κ3) is 2.41. The number of hydrogen-bond acceptors (Lipinski definition) is 7. The van der Waals surface area contributed by atoms with E-state index in [-0.39, 0.29) is 5.97 Å². The number of aryl methyl sites for hydroxylation is 1. The summed E-state index contributed by atoms with van der Waals surface area (Å²) in [7, 11) is 0. The molecule has 1 fully saturated rings. The molecule has 3 rings (SSSR count). The van der Waals surface area contributed by atoms with Crippen molar-refractivity contribution < 1.29 is 14.3 Å². The maximum atomic E-state index is 11.9. The minimum absolute atomic E-state index is 0.242. The van der Waals surface area contributed by atoms with E-state index in [1.807, 2.05) is 13.8 Å². The van der Waals surface area contributed by atoms with Gasteiger partial charge in [0.25, 0.3) is 0 Å². The van der Waals surface area contributed by atoms with Crippen LogP contribution in [0.2, 0.25) is 0 Å². The highest BCUT2D eigenvalue weighted by Gasteiger charge is 2.22. The van der Waals surface area contributed by atoms with Crippen LogP contribution in [0.1, 0.15) is 22.2 Å². The minimum Gasteiger partial charge on any atom is -0.462 e. The first-order chi connectivity index (χ1) is 9.70. The zero-order chi connectivity index (χ0) is 14.1. The third-order valence-corrected chi connectivity index (χ3v) is 5.74. The molecule has 2 aromatic rings. The molecule has 0 spiro atoms. The lowest BCUT2D eigenvalue weighted by molar-refractivity contribution is 0.0531. The van der Waals surface area contributed by atoms with E-state index >= 15 is 0 Å². The predicted octanol–water partition coefficient (Wildman–Crippen LogP) is 2.68. The van der Waals surface area contributed by atoms with Gasteiger partial charge in [0, 0.05) is 13.1 Å². The van der Waals surface area contributed by atoms with Crippen LogP contribution in [0.5, 0.6) is 0 Å². The summed E-state index contributed by atoms with van der Waals surface area (Å²) >= 11 is 3.07. The topological polar surface area (TPSA) is 51.7 Å². The normalized spacial score (nSPS) is 15.8. The molecule has 108 valence electrons. The number of nitrogens with zero attached hydrogens (tertiary/aromatic N) is 2. The second-order valence-corrected chi connectivity index (χ2v) is 6.48. The minimum atomic E-state index is -0.242. The molecular weight excluding hydrogens is 296 g/mol. The van der Waals surface area contributed by atoms with Crippen LogP contribution in [0.15, 0.2) is 0 Å². The van der Waals surface area contributed by atoms with Gasteiger partial charge in [-0.1, -0.05) is 11.3 Å². The molecule has 0 amide bonds. The number of anilines is 1. The zero-order valence-corrected chi connectivity index (χ0v) is 13.1. The molecule has 0 radical (unpaired) electrons. The number of thiazole rings is 1. The van der Waals surface area contributed by atoms with Gasteiger partial charge in [-0.15, -0.1) is 11.3 Å². The van der Waals surface area contributed by atoms with Crippen LogP contribution >= 0.6 is 22.7 Å². The fourth-order valence-electron chi connectivity index (χ4n) is 2.16. The Balaban J connectivity index is 1.91. The van der Waals surface area contributed by atoms with Crippen LogP contribution < -0.4 is 4.90 Å². The van der Waals surface area contributed by atoms with Crippen LogP contribution in [-0.2, 0) is 9.47 Å². The smallest absolute Gasteiger partial charge is 0.348 e. The largest absolute Gasteiger partial charge is 0.462 e. The molecule has 20 heavy (non-hydrogen) atoms. The number of fused-ring (bicyclic) bond motifs is 1. The number of carbonyl (C=O) groups excluding carboxylic acids is 1. The molecule has 0 aliphatic carbocycles. The Morgan fingerprint density at radius 3 is 2.80 bits per heavy atom. The lowest BCUT2D eigenvalue weighted by Crippen LogP contribution is -2.36. The van der Waals surface area contributed by atoms with Crippen molar-refractivity contribution in [3.05, 3.63) is 10.4 Å². The summed E-state index contributed by atoms with van der Waals surface area (Å²) in [4.78, 5) is 20.4. The first-order valence-corrected chi connectivity index (χ1v) is 8.23. The molecule has 2 aromatic heterocycles. The number of ether oxygens (including phenoxy) is 2. The molecule has 0 bridgehead atoms. The molecule has 5 nitrogen and oxygen atoms in total. The van der Waals surface area contributed by atoms with Crippen molar-refractivity contribution >= 4 is 43.3 Å². The monoisotopic (exact) mass is 312 g/mol. The second kappa shape index (κ2) is 5.67. The van der Waals surface area contributed by atoms with Crippen molar-refractivity contribution in [1.29, 1.82) is 0 Å². The van der Waals surface area contributed by atoms with Gasteiger partial charge < -0.3 is 14.4 Å². The van der Waals surface area contributed by atoms with E-state index in [1.54, 1.807) is 11.3 Å². The fourth-order valence-corrected chi connectivity index (χ4v) is 4.52. The molecule has 0 unspecified atom stereocenters. The summed E-state index contributed by atoms with van der Waals surface area (Å²) in [5, 5.41) is 1.02. The van der Waals surface area contributed by atoms with Crippen molar-refractivity contribution in [3.8, 4) is 0 Å². The molecule has 1 aliphatic rings. The maximum absolute atomic E-state index is 11.9. The molecule has 3 heterocycles. The molecule has 0 aromatic carbocycles. The standard InChI is InChI=1S/C13H16N2O3S2/c1-3-18-12(16)10-8(2)9-11(19-10)14-13(20-9)15-4-6-17-7-5-15/h3-7H2,1-2H3. The highest BCUT2D eigenvalue weighted by atomic mass is 32.1. The summed E-state index contributed by atoms with van der Waals surface area (Å²) in [5.41, 5.74) is 0.987. The van der Waals surface area contributed by atoms with Crippen molar-refractivity contribution in [2.24, 2.45) is 0 Å².